The fraction of sp³-hybridized carbons (Fsp3) is 0.455. The van der Waals surface area contributed by atoms with E-state index >= 15 is 0 Å². The molecule has 0 aromatic heterocycles. The van der Waals surface area contributed by atoms with Gasteiger partial charge in [-0.25, -0.2) is 4.39 Å². The second-order valence-corrected chi connectivity index (χ2v) is 4.34. The van der Waals surface area contributed by atoms with Gasteiger partial charge in [0.2, 0.25) is 0 Å². The van der Waals surface area contributed by atoms with Crippen molar-refractivity contribution >= 4 is 17.4 Å². The first kappa shape index (κ1) is 12.3. The normalized spacial score (nSPS) is 10.4. The molecule has 0 aliphatic rings. The van der Waals surface area contributed by atoms with Crippen molar-refractivity contribution in [3.8, 4) is 0 Å². The summed E-state index contributed by atoms with van der Waals surface area (Å²) in [7, 11) is 1.87. The summed E-state index contributed by atoms with van der Waals surface area (Å²) in [6.07, 6.45) is 2.03. The number of hydrogen-bond acceptors (Lipinski definition) is 3. The first-order chi connectivity index (χ1) is 7.19. The molecule has 0 saturated heterocycles. The molecule has 0 aliphatic heterocycles. The number of anilines is 1. The summed E-state index contributed by atoms with van der Waals surface area (Å²) in [5.74, 6) is 0.697. The summed E-state index contributed by atoms with van der Waals surface area (Å²) in [6, 6.07) is 4.83. The molecule has 0 fully saturated rings. The van der Waals surface area contributed by atoms with Crippen LogP contribution in [0.5, 0.6) is 0 Å². The molecule has 1 rings (SSSR count). The van der Waals surface area contributed by atoms with Crippen LogP contribution in [0.4, 0.5) is 10.1 Å². The van der Waals surface area contributed by atoms with Crippen molar-refractivity contribution in [1.29, 1.82) is 0 Å². The molecule has 15 heavy (non-hydrogen) atoms. The Morgan fingerprint density at radius 3 is 2.73 bits per heavy atom. The summed E-state index contributed by atoms with van der Waals surface area (Å²) >= 11 is 1.73. The van der Waals surface area contributed by atoms with E-state index in [-0.39, 0.29) is 12.4 Å². The van der Waals surface area contributed by atoms with E-state index in [0.29, 0.717) is 11.3 Å². The second-order valence-electron chi connectivity index (χ2n) is 3.36. The standard InChI is InChI=1S/C11H16FNOS/c1-13(5-6-15-2)11-4-3-9(8-14)7-10(11)12/h3-4,7,14H,5-6,8H2,1-2H3. The van der Waals surface area contributed by atoms with Gasteiger partial charge in [-0.3, -0.25) is 0 Å². The number of benzene rings is 1. The molecule has 0 unspecified atom stereocenters. The van der Waals surface area contributed by atoms with Gasteiger partial charge in [-0.05, 0) is 24.0 Å². The molecule has 2 nitrogen and oxygen atoms in total. The van der Waals surface area contributed by atoms with E-state index in [0.717, 1.165) is 12.3 Å². The zero-order valence-electron chi connectivity index (χ0n) is 9.03. The van der Waals surface area contributed by atoms with Gasteiger partial charge in [0.25, 0.3) is 0 Å². The molecular formula is C11H16FNOS. The number of aliphatic hydroxyl groups is 1. The summed E-state index contributed by atoms with van der Waals surface area (Å²) in [5, 5.41) is 8.85. The molecule has 84 valence electrons. The fourth-order valence-corrected chi connectivity index (χ4v) is 1.76. The molecule has 0 amide bonds. The molecule has 0 heterocycles. The predicted molar refractivity (Wildman–Crippen MR) is 64.0 cm³/mol. The van der Waals surface area contributed by atoms with E-state index in [1.165, 1.54) is 6.07 Å². The highest BCUT2D eigenvalue weighted by Gasteiger charge is 2.07. The molecule has 0 atom stereocenters. The van der Waals surface area contributed by atoms with Crippen LogP contribution in [0, 0.1) is 5.82 Å². The van der Waals surface area contributed by atoms with Crippen LogP contribution in [0.25, 0.3) is 0 Å². The van der Waals surface area contributed by atoms with Gasteiger partial charge in [-0.1, -0.05) is 6.07 Å². The topological polar surface area (TPSA) is 23.5 Å². The first-order valence-electron chi connectivity index (χ1n) is 4.78. The van der Waals surface area contributed by atoms with Crippen LogP contribution >= 0.6 is 11.8 Å². The van der Waals surface area contributed by atoms with Crippen LogP contribution in [0.3, 0.4) is 0 Å². The third kappa shape index (κ3) is 3.39. The van der Waals surface area contributed by atoms with Gasteiger partial charge >= 0.3 is 0 Å². The lowest BCUT2D eigenvalue weighted by molar-refractivity contribution is 0.281. The van der Waals surface area contributed by atoms with E-state index in [1.54, 1.807) is 23.9 Å². The lowest BCUT2D eigenvalue weighted by Gasteiger charge is -2.19. The zero-order chi connectivity index (χ0) is 11.3. The van der Waals surface area contributed by atoms with Crippen molar-refractivity contribution in [2.45, 2.75) is 6.61 Å². The molecule has 0 bridgehead atoms. The Bertz CT molecular complexity index is 319. The SMILES string of the molecule is CSCCN(C)c1ccc(CO)cc1F. The Morgan fingerprint density at radius 2 is 2.20 bits per heavy atom. The maximum atomic E-state index is 13.6. The van der Waals surface area contributed by atoms with Crippen LogP contribution in [-0.4, -0.2) is 30.7 Å². The maximum Gasteiger partial charge on any atom is 0.146 e. The Balaban J connectivity index is 2.76. The average molecular weight is 229 g/mol. The van der Waals surface area contributed by atoms with Crippen molar-refractivity contribution in [1.82, 2.24) is 0 Å². The highest BCUT2D eigenvalue weighted by atomic mass is 32.2. The van der Waals surface area contributed by atoms with E-state index in [2.05, 4.69) is 0 Å². The predicted octanol–water partition coefficient (Wildman–Crippen LogP) is 2.12. The largest absolute Gasteiger partial charge is 0.392 e. The monoisotopic (exact) mass is 229 g/mol. The lowest BCUT2D eigenvalue weighted by atomic mass is 10.2. The molecular weight excluding hydrogens is 213 g/mol. The molecule has 0 aliphatic carbocycles. The summed E-state index contributed by atoms with van der Waals surface area (Å²) in [5.41, 5.74) is 1.19. The van der Waals surface area contributed by atoms with Gasteiger partial charge in [-0.2, -0.15) is 11.8 Å². The molecule has 1 N–H and O–H groups in total. The third-order valence-electron chi connectivity index (χ3n) is 2.24. The quantitative estimate of drug-likeness (QED) is 0.836. The van der Waals surface area contributed by atoms with E-state index in [4.69, 9.17) is 5.11 Å². The Hall–Kier alpha value is -0.740. The average Bonchev–Trinajstić information content (AvgIpc) is 2.25. The van der Waals surface area contributed by atoms with Gasteiger partial charge in [0.05, 0.1) is 12.3 Å². The van der Waals surface area contributed by atoms with Gasteiger partial charge in [0.15, 0.2) is 0 Å². The Labute approximate surface area is 94.1 Å². The smallest absolute Gasteiger partial charge is 0.146 e. The molecule has 0 spiro atoms. The van der Waals surface area contributed by atoms with E-state index in [9.17, 15) is 4.39 Å². The number of aliphatic hydroxyl groups excluding tert-OH is 1. The molecule has 4 heteroatoms. The summed E-state index contributed by atoms with van der Waals surface area (Å²) in [4.78, 5) is 1.88. The second kappa shape index (κ2) is 5.98. The molecule has 1 aromatic rings. The van der Waals surface area contributed by atoms with Gasteiger partial charge < -0.3 is 10.0 Å². The summed E-state index contributed by atoms with van der Waals surface area (Å²) in [6.45, 7) is 0.697. The van der Waals surface area contributed by atoms with E-state index < -0.39 is 0 Å². The minimum Gasteiger partial charge on any atom is -0.392 e. The van der Waals surface area contributed by atoms with Crippen LogP contribution < -0.4 is 4.90 Å². The van der Waals surface area contributed by atoms with Crippen LogP contribution in [0.1, 0.15) is 5.56 Å². The molecule has 0 radical (unpaired) electrons. The van der Waals surface area contributed by atoms with Crippen LogP contribution in [0.15, 0.2) is 18.2 Å². The number of hydrogen-bond donors (Lipinski definition) is 1. The van der Waals surface area contributed by atoms with Crippen molar-refractivity contribution in [2.75, 3.05) is 30.5 Å². The maximum absolute atomic E-state index is 13.6. The number of halogens is 1. The first-order valence-corrected chi connectivity index (χ1v) is 6.17. The molecule has 0 saturated carbocycles. The lowest BCUT2D eigenvalue weighted by Crippen LogP contribution is -2.21. The van der Waals surface area contributed by atoms with Crippen LogP contribution in [0.2, 0.25) is 0 Å². The third-order valence-corrected chi connectivity index (χ3v) is 2.83. The number of rotatable bonds is 5. The zero-order valence-corrected chi connectivity index (χ0v) is 9.85. The molecule has 1 aromatic carbocycles. The number of nitrogens with zero attached hydrogens (tertiary/aromatic N) is 1. The highest BCUT2D eigenvalue weighted by Crippen LogP contribution is 2.19. The van der Waals surface area contributed by atoms with Crippen molar-refractivity contribution in [2.24, 2.45) is 0 Å². The van der Waals surface area contributed by atoms with Crippen molar-refractivity contribution in [3.63, 3.8) is 0 Å². The Kier molecular flexibility index (Phi) is 4.91. The minimum atomic E-state index is -0.273. The fourth-order valence-electron chi connectivity index (χ4n) is 1.31. The highest BCUT2D eigenvalue weighted by molar-refractivity contribution is 7.98. The number of thioether (sulfide) groups is 1. The minimum absolute atomic E-state index is 0.119. The van der Waals surface area contributed by atoms with Crippen LogP contribution in [-0.2, 0) is 6.61 Å². The van der Waals surface area contributed by atoms with Gasteiger partial charge in [0, 0.05) is 19.3 Å². The van der Waals surface area contributed by atoms with Gasteiger partial charge in [0.1, 0.15) is 5.82 Å². The van der Waals surface area contributed by atoms with Crippen molar-refractivity contribution in [3.05, 3.63) is 29.6 Å². The van der Waals surface area contributed by atoms with Gasteiger partial charge in [-0.15, -0.1) is 0 Å². The van der Waals surface area contributed by atoms with Crippen molar-refractivity contribution < 1.29 is 9.50 Å². The van der Waals surface area contributed by atoms with E-state index in [1.807, 2.05) is 18.2 Å². The Morgan fingerprint density at radius 1 is 1.47 bits per heavy atom. The summed E-state index contributed by atoms with van der Waals surface area (Å²) < 4.78 is 13.6.